The molecule has 1 aromatic heterocycles. The molecule has 1 amide bonds. The van der Waals surface area contributed by atoms with Gasteiger partial charge in [0.25, 0.3) is 0 Å². The summed E-state index contributed by atoms with van der Waals surface area (Å²) < 4.78 is 0. The summed E-state index contributed by atoms with van der Waals surface area (Å²) in [6.45, 7) is 6.88. The van der Waals surface area contributed by atoms with Gasteiger partial charge in [-0.1, -0.05) is 0 Å². The van der Waals surface area contributed by atoms with Crippen molar-refractivity contribution >= 4 is 39.8 Å². The van der Waals surface area contributed by atoms with Crippen LogP contribution < -0.4 is 5.32 Å². The van der Waals surface area contributed by atoms with Gasteiger partial charge in [-0.25, -0.2) is 0 Å². The molecule has 0 spiro atoms. The lowest BCUT2D eigenvalue weighted by molar-refractivity contribution is -0.114. The van der Waals surface area contributed by atoms with Crippen LogP contribution in [-0.4, -0.2) is 11.0 Å². The Balaban J connectivity index is 3.10. The van der Waals surface area contributed by atoms with Crippen LogP contribution in [0.5, 0.6) is 0 Å². The summed E-state index contributed by atoms with van der Waals surface area (Å²) in [6, 6.07) is 0. The Morgan fingerprint density at radius 3 is 2.27 bits per heavy atom. The molecule has 0 atom stereocenters. The zero-order valence-corrected chi connectivity index (χ0v) is 10.8. The van der Waals surface area contributed by atoms with Crippen molar-refractivity contribution in [2.45, 2.75) is 32.6 Å². The standard InChI is InChI=1S/C10H13NO2S2/c1-5-9(11-7(3)12)10(6(2)14-5)15-8(4)13/h1-4H3,(H,11,12). The molecule has 3 nitrogen and oxygen atoms in total. The number of amides is 1. The van der Waals surface area contributed by atoms with Gasteiger partial charge in [-0.05, 0) is 25.6 Å². The summed E-state index contributed by atoms with van der Waals surface area (Å²) in [5.74, 6) is -0.110. The second kappa shape index (κ2) is 4.81. The quantitative estimate of drug-likeness (QED) is 0.812. The van der Waals surface area contributed by atoms with Crippen LogP contribution in [0.15, 0.2) is 4.90 Å². The van der Waals surface area contributed by atoms with Crippen LogP contribution in [0.25, 0.3) is 0 Å². The Kier molecular flexibility index (Phi) is 3.93. The number of thioether (sulfide) groups is 1. The number of thiophene rings is 1. The van der Waals surface area contributed by atoms with Crippen molar-refractivity contribution in [1.82, 2.24) is 0 Å². The molecule has 0 saturated heterocycles. The van der Waals surface area contributed by atoms with Gasteiger partial charge in [0.15, 0.2) is 5.12 Å². The number of hydrogen-bond donors (Lipinski definition) is 1. The third-order valence-electron chi connectivity index (χ3n) is 1.75. The Bertz CT molecular complexity index is 373. The van der Waals surface area contributed by atoms with E-state index in [0.29, 0.717) is 0 Å². The van der Waals surface area contributed by atoms with Crippen LogP contribution in [0.3, 0.4) is 0 Å². The maximum Gasteiger partial charge on any atom is 0.221 e. The first-order chi connectivity index (χ1) is 6.91. The average Bonchev–Trinajstić information content (AvgIpc) is 2.30. The monoisotopic (exact) mass is 243 g/mol. The van der Waals surface area contributed by atoms with Crippen molar-refractivity contribution in [3.63, 3.8) is 0 Å². The largest absolute Gasteiger partial charge is 0.324 e. The van der Waals surface area contributed by atoms with Gasteiger partial charge in [0.1, 0.15) is 0 Å². The molecule has 1 N–H and O–H groups in total. The van der Waals surface area contributed by atoms with Gasteiger partial charge < -0.3 is 5.32 Å². The van der Waals surface area contributed by atoms with Crippen LogP contribution in [0.1, 0.15) is 23.6 Å². The first-order valence-electron chi connectivity index (χ1n) is 4.47. The van der Waals surface area contributed by atoms with Crippen LogP contribution in [0, 0.1) is 13.8 Å². The minimum atomic E-state index is -0.110. The Morgan fingerprint density at radius 2 is 1.80 bits per heavy atom. The third kappa shape index (κ3) is 3.07. The fraction of sp³-hybridized carbons (Fsp3) is 0.400. The van der Waals surface area contributed by atoms with E-state index in [4.69, 9.17) is 0 Å². The van der Waals surface area contributed by atoms with Crippen molar-refractivity contribution in [2.24, 2.45) is 0 Å². The molecule has 0 aliphatic heterocycles. The highest BCUT2D eigenvalue weighted by atomic mass is 32.2. The SMILES string of the molecule is CC(=O)Nc1c(C)sc(C)c1SC(C)=O. The first kappa shape index (κ1) is 12.3. The number of carbonyl (C=O) groups excluding carboxylic acids is 2. The maximum absolute atomic E-state index is 11.1. The zero-order chi connectivity index (χ0) is 11.6. The van der Waals surface area contributed by atoms with Crippen LogP contribution >= 0.6 is 23.1 Å². The number of carbonyl (C=O) groups is 2. The molecule has 1 heterocycles. The molecule has 15 heavy (non-hydrogen) atoms. The van der Waals surface area contributed by atoms with Gasteiger partial charge in [0.2, 0.25) is 5.91 Å². The fourth-order valence-corrected chi connectivity index (χ4v) is 3.21. The molecule has 0 bridgehead atoms. The van der Waals surface area contributed by atoms with Crippen LogP contribution in [0.4, 0.5) is 5.69 Å². The first-order valence-corrected chi connectivity index (χ1v) is 6.11. The highest BCUT2D eigenvalue weighted by Crippen LogP contribution is 2.39. The van der Waals surface area contributed by atoms with Gasteiger partial charge in [0, 0.05) is 23.6 Å². The van der Waals surface area contributed by atoms with Crippen molar-refractivity contribution < 1.29 is 9.59 Å². The van der Waals surface area contributed by atoms with Gasteiger partial charge in [-0.15, -0.1) is 11.3 Å². The summed E-state index contributed by atoms with van der Waals surface area (Å²) in [5.41, 5.74) is 0.783. The molecule has 82 valence electrons. The molecule has 0 fully saturated rings. The van der Waals surface area contributed by atoms with Crippen molar-refractivity contribution in [2.75, 3.05) is 5.32 Å². The number of anilines is 1. The smallest absolute Gasteiger partial charge is 0.221 e. The highest BCUT2D eigenvalue weighted by molar-refractivity contribution is 8.13. The number of hydrogen-bond acceptors (Lipinski definition) is 4. The van der Waals surface area contributed by atoms with Crippen LogP contribution in [-0.2, 0) is 9.59 Å². The summed E-state index contributed by atoms with van der Waals surface area (Å²) in [6.07, 6.45) is 0. The zero-order valence-electron chi connectivity index (χ0n) is 9.13. The topological polar surface area (TPSA) is 46.2 Å². The van der Waals surface area contributed by atoms with Crippen molar-refractivity contribution in [1.29, 1.82) is 0 Å². The maximum atomic E-state index is 11.1. The molecular formula is C10H13NO2S2. The molecule has 1 aromatic rings. The molecule has 0 radical (unpaired) electrons. The minimum Gasteiger partial charge on any atom is -0.324 e. The van der Waals surface area contributed by atoms with E-state index in [1.54, 1.807) is 11.3 Å². The Hall–Kier alpha value is -0.810. The van der Waals surface area contributed by atoms with Gasteiger partial charge in [-0.2, -0.15) is 0 Å². The van der Waals surface area contributed by atoms with Crippen LogP contribution in [0.2, 0.25) is 0 Å². The molecule has 0 unspecified atom stereocenters. The van der Waals surface area contributed by atoms with E-state index in [0.717, 1.165) is 20.3 Å². The molecule has 0 saturated carbocycles. The lowest BCUT2D eigenvalue weighted by Crippen LogP contribution is -2.06. The molecule has 1 rings (SSSR count). The van der Waals surface area contributed by atoms with Gasteiger partial charge in [0.05, 0.1) is 10.6 Å². The van der Waals surface area contributed by atoms with E-state index in [9.17, 15) is 9.59 Å². The third-order valence-corrected chi connectivity index (χ3v) is 3.90. The van der Waals surface area contributed by atoms with E-state index in [2.05, 4.69) is 5.32 Å². The van der Waals surface area contributed by atoms with Gasteiger partial charge >= 0.3 is 0 Å². The lowest BCUT2D eigenvalue weighted by Gasteiger charge is -2.04. The molecule has 0 aliphatic rings. The summed E-state index contributed by atoms with van der Waals surface area (Å²) in [4.78, 5) is 25.1. The normalized spacial score (nSPS) is 10.1. The minimum absolute atomic E-state index is 0.0301. The average molecular weight is 243 g/mol. The van der Waals surface area contributed by atoms with Gasteiger partial charge in [-0.3, -0.25) is 9.59 Å². The van der Waals surface area contributed by atoms with E-state index in [-0.39, 0.29) is 11.0 Å². The van der Waals surface area contributed by atoms with E-state index in [1.165, 1.54) is 25.6 Å². The Labute approximate surface area is 97.3 Å². The second-order valence-corrected chi connectivity index (χ2v) is 5.81. The lowest BCUT2D eigenvalue weighted by atomic mass is 10.3. The molecule has 0 aromatic carbocycles. The Morgan fingerprint density at radius 1 is 1.20 bits per heavy atom. The predicted octanol–water partition coefficient (Wildman–Crippen LogP) is 2.96. The van der Waals surface area contributed by atoms with Crippen molar-refractivity contribution in [3.8, 4) is 0 Å². The number of nitrogens with one attached hydrogen (secondary N) is 1. The molecule has 0 aliphatic carbocycles. The fourth-order valence-electron chi connectivity index (χ4n) is 1.25. The number of aryl methyl sites for hydroxylation is 2. The highest BCUT2D eigenvalue weighted by Gasteiger charge is 2.16. The van der Waals surface area contributed by atoms with E-state index >= 15 is 0 Å². The summed E-state index contributed by atoms with van der Waals surface area (Å²) >= 11 is 2.76. The van der Waals surface area contributed by atoms with E-state index < -0.39 is 0 Å². The number of rotatable bonds is 2. The second-order valence-electron chi connectivity index (χ2n) is 3.19. The molecule has 5 heteroatoms. The predicted molar refractivity (Wildman–Crippen MR) is 64.6 cm³/mol. The summed E-state index contributed by atoms with van der Waals surface area (Å²) in [7, 11) is 0. The van der Waals surface area contributed by atoms with E-state index in [1.807, 2.05) is 13.8 Å². The molecular weight excluding hydrogens is 230 g/mol. The summed E-state index contributed by atoms with van der Waals surface area (Å²) in [5, 5.41) is 2.80. The van der Waals surface area contributed by atoms with Crippen molar-refractivity contribution in [3.05, 3.63) is 9.75 Å².